The van der Waals surface area contributed by atoms with Gasteiger partial charge in [-0.1, -0.05) is 0 Å². The van der Waals surface area contributed by atoms with Gasteiger partial charge in [-0.25, -0.2) is 17.5 Å². The monoisotopic (exact) mass is 309 g/mol. The number of pyridine rings is 1. The number of rotatable bonds is 6. The molecule has 0 aliphatic carbocycles. The van der Waals surface area contributed by atoms with Gasteiger partial charge in [-0.2, -0.15) is 0 Å². The molecule has 1 heterocycles. The highest BCUT2D eigenvalue weighted by molar-refractivity contribution is 7.89. The Hall–Kier alpha value is -1.83. The lowest BCUT2D eigenvalue weighted by Crippen LogP contribution is -2.26. The smallest absolute Gasteiger partial charge is 0.240 e. The fraction of sp³-hybridized carbons (Fsp3) is 0.214. The van der Waals surface area contributed by atoms with Crippen LogP contribution in [-0.2, 0) is 23.0 Å². The number of nitrogens with two attached hydrogens (primary N) is 1. The Morgan fingerprint density at radius 1 is 1.19 bits per heavy atom. The minimum absolute atomic E-state index is 0.0130. The maximum atomic E-state index is 13.3. The van der Waals surface area contributed by atoms with E-state index in [0.29, 0.717) is 6.42 Å². The lowest BCUT2D eigenvalue weighted by atomic mass is 10.2. The summed E-state index contributed by atoms with van der Waals surface area (Å²) in [5, 5.41) is 0. The predicted molar refractivity (Wildman–Crippen MR) is 77.4 cm³/mol. The minimum Gasteiger partial charge on any atom is -0.326 e. The maximum Gasteiger partial charge on any atom is 0.240 e. The number of nitrogens with zero attached hydrogens (tertiary/aromatic N) is 1. The zero-order valence-electron chi connectivity index (χ0n) is 11.3. The molecule has 1 aromatic carbocycles. The lowest BCUT2D eigenvalue weighted by Gasteiger charge is -2.08. The molecule has 7 heteroatoms. The van der Waals surface area contributed by atoms with Gasteiger partial charge in [0.05, 0.1) is 4.90 Å². The number of benzene rings is 1. The van der Waals surface area contributed by atoms with Gasteiger partial charge in [0.25, 0.3) is 0 Å². The normalized spacial score (nSPS) is 11.5. The first-order valence-corrected chi connectivity index (χ1v) is 7.88. The molecule has 0 aliphatic rings. The van der Waals surface area contributed by atoms with Crippen molar-refractivity contribution in [3.8, 4) is 0 Å². The molecule has 2 rings (SSSR count). The first kappa shape index (κ1) is 15.6. The van der Waals surface area contributed by atoms with Gasteiger partial charge in [0, 0.05) is 31.0 Å². The number of hydrogen-bond acceptors (Lipinski definition) is 4. The molecule has 0 spiro atoms. The third-order valence-corrected chi connectivity index (χ3v) is 4.46. The van der Waals surface area contributed by atoms with Crippen LogP contribution in [0.15, 0.2) is 47.6 Å². The molecule has 5 nitrogen and oxygen atoms in total. The summed E-state index contributed by atoms with van der Waals surface area (Å²) in [7, 11) is -3.67. The van der Waals surface area contributed by atoms with Crippen molar-refractivity contribution in [1.29, 1.82) is 0 Å². The van der Waals surface area contributed by atoms with Gasteiger partial charge in [0.2, 0.25) is 10.0 Å². The van der Waals surface area contributed by atoms with Crippen molar-refractivity contribution < 1.29 is 12.8 Å². The highest BCUT2D eigenvalue weighted by atomic mass is 32.2. The van der Waals surface area contributed by atoms with Crippen molar-refractivity contribution in [2.45, 2.75) is 17.9 Å². The van der Waals surface area contributed by atoms with E-state index in [4.69, 9.17) is 5.73 Å². The second-order valence-corrected chi connectivity index (χ2v) is 6.23. The van der Waals surface area contributed by atoms with Crippen LogP contribution < -0.4 is 10.5 Å². The molecular weight excluding hydrogens is 293 g/mol. The largest absolute Gasteiger partial charge is 0.326 e. The predicted octanol–water partition coefficient (Wildman–Crippen LogP) is 1.20. The average molecular weight is 309 g/mol. The summed E-state index contributed by atoms with van der Waals surface area (Å²) in [6, 6.07) is 7.23. The van der Waals surface area contributed by atoms with Gasteiger partial charge in [-0.3, -0.25) is 4.98 Å². The topological polar surface area (TPSA) is 85.1 Å². The van der Waals surface area contributed by atoms with Crippen LogP contribution in [0.3, 0.4) is 0 Å². The van der Waals surface area contributed by atoms with E-state index >= 15 is 0 Å². The molecule has 0 amide bonds. The van der Waals surface area contributed by atoms with Crippen LogP contribution >= 0.6 is 0 Å². The van der Waals surface area contributed by atoms with Crippen LogP contribution in [0.2, 0.25) is 0 Å². The summed E-state index contributed by atoms with van der Waals surface area (Å²) in [6.07, 6.45) is 3.85. The molecule has 0 aliphatic heterocycles. The number of aromatic nitrogens is 1. The third kappa shape index (κ3) is 4.07. The molecule has 112 valence electrons. The van der Waals surface area contributed by atoms with Crippen molar-refractivity contribution in [2.24, 2.45) is 5.73 Å². The third-order valence-electron chi connectivity index (χ3n) is 3.00. The van der Waals surface area contributed by atoms with Gasteiger partial charge in [-0.05, 0) is 42.3 Å². The van der Waals surface area contributed by atoms with E-state index in [-0.39, 0.29) is 23.5 Å². The molecule has 21 heavy (non-hydrogen) atoms. The standard InChI is InChI=1S/C14H16FN3O2S/c15-14-2-1-13(9-12(14)10-16)21(19,20)18-8-5-11-3-6-17-7-4-11/h1-4,6-7,9,18H,5,8,10,16H2. The maximum absolute atomic E-state index is 13.3. The van der Waals surface area contributed by atoms with Crippen molar-refractivity contribution in [1.82, 2.24) is 9.71 Å². The van der Waals surface area contributed by atoms with E-state index in [9.17, 15) is 12.8 Å². The van der Waals surface area contributed by atoms with Crippen LogP contribution in [0.1, 0.15) is 11.1 Å². The van der Waals surface area contributed by atoms with E-state index in [1.807, 2.05) is 12.1 Å². The molecule has 0 saturated carbocycles. The van der Waals surface area contributed by atoms with Crippen LogP contribution in [0.25, 0.3) is 0 Å². The minimum atomic E-state index is -3.67. The molecule has 0 fully saturated rings. The molecule has 2 aromatic rings. The Labute approximate surface area is 123 Å². The van der Waals surface area contributed by atoms with Gasteiger partial charge < -0.3 is 5.73 Å². The zero-order valence-corrected chi connectivity index (χ0v) is 12.1. The summed E-state index contributed by atoms with van der Waals surface area (Å²) in [6.45, 7) is 0.202. The number of halogens is 1. The van der Waals surface area contributed by atoms with Crippen molar-refractivity contribution >= 4 is 10.0 Å². The van der Waals surface area contributed by atoms with Gasteiger partial charge >= 0.3 is 0 Å². The fourth-order valence-corrected chi connectivity index (χ4v) is 2.92. The summed E-state index contributed by atoms with van der Waals surface area (Å²) < 4.78 is 40.0. The van der Waals surface area contributed by atoms with Crippen LogP contribution in [0.5, 0.6) is 0 Å². The molecule has 0 saturated heterocycles. The molecule has 0 bridgehead atoms. The fourth-order valence-electron chi connectivity index (χ4n) is 1.84. The van der Waals surface area contributed by atoms with Gasteiger partial charge in [0.1, 0.15) is 5.82 Å². The highest BCUT2D eigenvalue weighted by Gasteiger charge is 2.15. The molecule has 0 radical (unpaired) electrons. The highest BCUT2D eigenvalue weighted by Crippen LogP contribution is 2.14. The zero-order chi connectivity index (χ0) is 15.3. The molecule has 0 atom stereocenters. The Bertz CT molecular complexity index is 705. The van der Waals surface area contributed by atoms with E-state index in [1.54, 1.807) is 12.4 Å². The van der Waals surface area contributed by atoms with Gasteiger partial charge in [0.15, 0.2) is 0 Å². The average Bonchev–Trinajstić information content (AvgIpc) is 2.48. The number of sulfonamides is 1. The first-order chi connectivity index (χ1) is 10.0. The molecular formula is C14H16FN3O2S. The van der Waals surface area contributed by atoms with E-state index in [2.05, 4.69) is 9.71 Å². The second kappa shape index (κ2) is 6.75. The van der Waals surface area contributed by atoms with Crippen molar-refractivity contribution in [3.63, 3.8) is 0 Å². The lowest BCUT2D eigenvalue weighted by molar-refractivity contribution is 0.579. The second-order valence-electron chi connectivity index (χ2n) is 4.46. The van der Waals surface area contributed by atoms with Gasteiger partial charge in [-0.15, -0.1) is 0 Å². The van der Waals surface area contributed by atoms with Crippen LogP contribution in [0, 0.1) is 5.82 Å². The van der Waals surface area contributed by atoms with E-state index < -0.39 is 15.8 Å². The van der Waals surface area contributed by atoms with Crippen LogP contribution in [-0.4, -0.2) is 19.9 Å². The van der Waals surface area contributed by atoms with Crippen LogP contribution in [0.4, 0.5) is 4.39 Å². The van der Waals surface area contributed by atoms with E-state index in [1.165, 1.54) is 12.1 Å². The summed E-state index contributed by atoms with van der Waals surface area (Å²) in [5.41, 5.74) is 6.53. The Balaban J connectivity index is 2.05. The number of nitrogens with one attached hydrogen (secondary N) is 1. The quantitative estimate of drug-likeness (QED) is 0.839. The SMILES string of the molecule is NCc1cc(S(=O)(=O)NCCc2ccncc2)ccc1F. The van der Waals surface area contributed by atoms with E-state index in [0.717, 1.165) is 11.6 Å². The van der Waals surface area contributed by atoms with Crippen molar-refractivity contribution in [2.75, 3.05) is 6.54 Å². The number of hydrogen-bond donors (Lipinski definition) is 2. The molecule has 0 unspecified atom stereocenters. The van der Waals surface area contributed by atoms with Crippen molar-refractivity contribution in [3.05, 3.63) is 59.7 Å². The summed E-state index contributed by atoms with van der Waals surface area (Å²) >= 11 is 0. The Morgan fingerprint density at radius 3 is 2.57 bits per heavy atom. The first-order valence-electron chi connectivity index (χ1n) is 6.40. The Kier molecular flexibility index (Phi) is 5.00. The summed E-state index contributed by atoms with van der Waals surface area (Å²) in [4.78, 5) is 3.90. The summed E-state index contributed by atoms with van der Waals surface area (Å²) in [5.74, 6) is -0.506. The Morgan fingerprint density at radius 2 is 1.90 bits per heavy atom. The molecule has 3 N–H and O–H groups in total. The molecule has 1 aromatic heterocycles.